The molecule has 0 aliphatic carbocycles. The quantitative estimate of drug-likeness (QED) is 0.697. The standard InChI is InChI=1S/C12H13FO2/c1-8-6-10(13)2-3-11(8)12(14)9-4-5-15-7-9/h2-3,6,9H,4-5,7H2,1H3. The summed E-state index contributed by atoms with van der Waals surface area (Å²) >= 11 is 0. The van der Waals surface area contributed by atoms with Gasteiger partial charge in [0.05, 0.1) is 6.61 Å². The van der Waals surface area contributed by atoms with Crippen LogP contribution in [0.1, 0.15) is 22.3 Å². The number of aryl methyl sites for hydroxylation is 1. The van der Waals surface area contributed by atoms with E-state index in [1.54, 1.807) is 13.0 Å². The minimum atomic E-state index is -0.299. The molecule has 2 rings (SSSR count). The molecule has 1 aliphatic heterocycles. The SMILES string of the molecule is Cc1cc(F)ccc1C(=O)C1CCOC1. The Kier molecular flexibility index (Phi) is 2.82. The van der Waals surface area contributed by atoms with E-state index in [1.165, 1.54) is 12.1 Å². The molecular weight excluding hydrogens is 195 g/mol. The Morgan fingerprint density at radius 3 is 2.93 bits per heavy atom. The zero-order valence-corrected chi connectivity index (χ0v) is 8.63. The second kappa shape index (κ2) is 4.11. The van der Waals surface area contributed by atoms with Crippen LogP contribution in [-0.4, -0.2) is 19.0 Å². The van der Waals surface area contributed by atoms with Crippen LogP contribution in [0.2, 0.25) is 0 Å². The molecule has 0 spiro atoms. The lowest BCUT2D eigenvalue weighted by Gasteiger charge is -2.09. The molecule has 1 heterocycles. The summed E-state index contributed by atoms with van der Waals surface area (Å²) in [5, 5.41) is 0. The monoisotopic (exact) mass is 208 g/mol. The van der Waals surface area contributed by atoms with Crippen LogP contribution in [0.5, 0.6) is 0 Å². The van der Waals surface area contributed by atoms with Crippen LogP contribution in [-0.2, 0) is 4.74 Å². The van der Waals surface area contributed by atoms with Gasteiger partial charge in [-0.1, -0.05) is 0 Å². The predicted molar refractivity (Wildman–Crippen MR) is 54.4 cm³/mol. The van der Waals surface area contributed by atoms with E-state index in [-0.39, 0.29) is 17.5 Å². The largest absolute Gasteiger partial charge is 0.381 e. The van der Waals surface area contributed by atoms with E-state index in [1.807, 2.05) is 0 Å². The second-order valence-corrected chi connectivity index (χ2v) is 3.88. The van der Waals surface area contributed by atoms with Crippen molar-refractivity contribution in [1.29, 1.82) is 0 Å². The molecule has 1 unspecified atom stereocenters. The topological polar surface area (TPSA) is 26.3 Å². The van der Waals surface area contributed by atoms with Crippen LogP contribution in [0.25, 0.3) is 0 Å². The third kappa shape index (κ3) is 2.07. The molecule has 1 aliphatic rings. The summed E-state index contributed by atoms with van der Waals surface area (Å²) in [6.45, 7) is 2.90. The highest BCUT2D eigenvalue weighted by atomic mass is 19.1. The van der Waals surface area contributed by atoms with E-state index >= 15 is 0 Å². The fraction of sp³-hybridized carbons (Fsp3) is 0.417. The molecule has 0 bridgehead atoms. The summed E-state index contributed by atoms with van der Waals surface area (Å²) < 4.78 is 18.0. The molecular formula is C12H13FO2. The first-order valence-electron chi connectivity index (χ1n) is 5.06. The summed E-state index contributed by atoms with van der Waals surface area (Å²) in [6, 6.07) is 4.28. The molecule has 1 fully saturated rings. The molecule has 80 valence electrons. The van der Waals surface area contributed by atoms with Gasteiger partial charge in [-0.15, -0.1) is 0 Å². The van der Waals surface area contributed by atoms with Gasteiger partial charge in [-0.25, -0.2) is 4.39 Å². The predicted octanol–water partition coefficient (Wildman–Crippen LogP) is 2.35. The zero-order valence-electron chi connectivity index (χ0n) is 8.63. The number of ether oxygens (including phenoxy) is 1. The normalized spacial score (nSPS) is 20.5. The smallest absolute Gasteiger partial charge is 0.168 e. The number of hydrogen-bond acceptors (Lipinski definition) is 2. The zero-order chi connectivity index (χ0) is 10.8. The van der Waals surface area contributed by atoms with Crippen molar-refractivity contribution in [3.05, 3.63) is 35.1 Å². The first-order valence-corrected chi connectivity index (χ1v) is 5.06. The molecule has 2 nitrogen and oxygen atoms in total. The van der Waals surface area contributed by atoms with Gasteiger partial charge in [0, 0.05) is 18.1 Å². The third-order valence-corrected chi connectivity index (χ3v) is 2.75. The van der Waals surface area contributed by atoms with Gasteiger partial charge in [0.2, 0.25) is 0 Å². The Hall–Kier alpha value is -1.22. The lowest BCUT2D eigenvalue weighted by atomic mass is 9.94. The number of rotatable bonds is 2. The molecule has 1 aromatic carbocycles. The first kappa shape index (κ1) is 10.3. The van der Waals surface area contributed by atoms with Crippen molar-refractivity contribution in [1.82, 2.24) is 0 Å². The van der Waals surface area contributed by atoms with Crippen molar-refractivity contribution < 1.29 is 13.9 Å². The summed E-state index contributed by atoms with van der Waals surface area (Å²) in [7, 11) is 0. The van der Waals surface area contributed by atoms with E-state index in [0.29, 0.717) is 24.3 Å². The number of halogens is 1. The summed E-state index contributed by atoms with van der Waals surface area (Å²) in [6.07, 6.45) is 0.773. The van der Waals surface area contributed by atoms with Gasteiger partial charge in [-0.05, 0) is 37.1 Å². The highest BCUT2D eigenvalue weighted by molar-refractivity contribution is 5.99. The van der Waals surface area contributed by atoms with Crippen molar-refractivity contribution in [2.45, 2.75) is 13.3 Å². The molecule has 3 heteroatoms. The van der Waals surface area contributed by atoms with E-state index < -0.39 is 0 Å². The van der Waals surface area contributed by atoms with E-state index in [0.717, 1.165) is 6.42 Å². The summed E-state index contributed by atoms with van der Waals surface area (Å²) in [4.78, 5) is 12.0. The molecule has 0 N–H and O–H groups in total. The minimum absolute atomic E-state index is 0.0471. The molecule has 0 amide bonds. The van der Waals surface area contributed by atoms with Crippen molar-refractivity contribution in [2.24, 2.45) is 5.92 Å². The maximum atomic E-state index is 12.9. The molecule has 1 atom stereocenters. The van der Waals surface area contributed by atoms with Crippen LogP contribution in [0.15, 0.2) is 18.2 Å². The molecule has 1 aromatic rings. The fourth-order valence-electron chi connectivity index (χ4n) is 1.86. The Morgan fingerprint density at radius 2 is 2.33 bits per heavy atom. The van der Waals surface area contributed by atoms with Crippen LogP contribution < -0.4 is 0 Å². The van der Waals surface area contributed by atoms with Gasteiger partial charge in [0.25, 0.3) is 0 Å². The molecule has 0 aromatic heterocycles. The first-order chi connectivity index (χ1) is 7.18. The van der Waals surface area contributed by atoms with Crippen molar-refractivity contribution in [2.75, 3.05) is 13.2 Å². The van der Waals surface area contributed by atoms with E-state index in [2.05, 4.69) is 0 Å². The third-order valence-electron chi connectivity index (χ3n) is 2.75. The van der Waals surface area contributed by atoms with Crippen LogP contribution in [0.4, 0.5) is 4.39 Å². The second-order valence-electron chi connectivity index (χ2n) is 3.88. The Labute approximate surface area is 88.1 Å². The highest BCUT2D eigenvalue weighted by Crippen LogP contribution is 2.21. The number of carbonyl (C=O) groups is 1. The minimum Gasteiger partial charge on any atom is -0.381 e. The molecule has 1 saturated heterocycles. The highest BCUT2D eigenvalue weighted by Gasteiger charge is 2.25. The van der Waals surface area contributed by atoms with Crippen molar-refractivity contribution in [3.63, 3.8) is 0 Å². The van der Waals surface area contributed by atoms with Gasteiger partial charge in [-0.3, -0.25) is 4.79 Å². The Balaban J connectivity index is 2.24. The lowest BCUT2D eigenvalue weighted by molar-refractivity contribution is 0.0899. The lowest BCUT2D eigenvalue weighted by Crippen LogP contribution is -2.15. The molecule has 0 radical (unpaired) electrons. The maximum absolute atomic E-state index is 12.9. The van der Waals surface area contributed by atoms with E-state index in [4.69, 9.17) is 4.74 Å². The van der Waals surface area contributed by atoms with Crippen molar-refractivity contribution >= 4 is 5.78 Å². The number of hydrogen-bond donors (Lipinski definition) is 0. The van der Waals surface area contributed by atoms with Gasteiger partial charge in [0.15, 0.2) is 5.78 Å². The number of ketones is 1. The van der Waals surface area contributed by atoms with Crippen molar-refractivity contribution in [3.8, 4) is 0 Å². The van der Waals surface area contributed by atoms with Crippen LogP contribution in [0.3, 0.4) is 0 Å². The van der Waals surface area contributed by atoms with E-state index in [9.17, 15) is 9.18 Å². The van der Waals surface area contributed by atoms with Crippen LogP contribution >= 0.6 is 0 Å². The average Bonchev–Trinajstić information content (AvgIpc) is 2.69. The Morgan fingerprint density at radius 1 is 1.53 bits per heavy atom. The van der Waals surface area contributed by atoms with Gasteiger partial charge in [0.1, 0.15) is 5.82 Å². The molecule has 0 saturated carbocycles. The van der Waals surface area contributed by atoms with Gasteiger partial charge < -0.3 is 4.74 Å². The Bertz CT molecular complexity index is 381. The molecule has 15 heavy (non-hydrogen) atoms. The van der Waals surface area contributed by atoms with Gasteiger partial charge in [-0.2, -0.15) is 0 Å². The average molecular weight is 208 g/mol. The summed E-state index contributed by atoms with van der Waals surface area (Å²) in [5.74, 6) is -0.272. The number of benzene rings is 1. The maximum Gasteiger partial charge on any atom is 0.168 e. The number of Topliss-reactive ketones (excluding diaryl/α,β-unsaturated/α-hetero) is 1. The summed E-state index contributed by atoms with van der Waals surface area (Å²) in [5.41, 5.74) is 1.32. The fourth-order valence-corrected chi connectivity index (χ4v) is 1.86. The number of carbonyl (C=O) groups excluding carboxylic acids is 1. The van der Waals surface area contributed by atoms with Crippen LogP contribution in [0, 0.1) is 18.7 Å². The van der Waals surface area contributed by atoms with Gasteiger partial charge >= 0.3 is 0 Å².